The van der Waals surface area contributed by atoms with E-state index in [1.165, 1.54) is 7.28 Å². The first-order chi connectivity index (χ1) is 3.18. The molecule has 0 bridgehead atoms. The highest BCUT2D eigenvalue weighted by atomic mass is 127. The smallest absolute Gasteiger partial charge is 0.0820 e. The zero-order chi connectivity index (χ0) is 5.86. The van der Waals surface area contributed by atoms with Crippen molar-refractivity contribution in [1.82, 2.24) is 5.32 Å². The van der Waals surface area contributed by atoms with Crippen LogP contribution in [0.3, 0.4) is 0 Å². The van der Waals surface area contributed by atoms with Gasteiger partial charge in [0, 0.05) is 10.6 Å². The molecule has 1 nitrogen and oxygen atoms in total. The van der Waals surface area contributed by atoms with Crippen molar-refractivity contribution >= 4 is 45.2 Å². The average molecular weight is 323 g/mol. The molecule has 0 unspecified atom stereocenters. The van der Waals surface area contributed by atoms with Gasteiger partial charge in [-0.3, -0.25) is 0 Å². The van der Waals surface area contributed by atoms with Gasteiger partial charge in [0.2, 0.25) is 0 Å². The van der Waals surface area contributed by atoms with Crippen LogP contribution in [0.5, 0.6) is 0 Å². The third-order valence-corrected chi connectivity index (χ3v) is 3.44. The minimum atomic E-state index is 1.22. The van der Waals surface area contributed by atoms with Crippen LogP contribution in [-0.2, 0) is 0 Å². The number of allylic oxidation sites excluding steroid dienone is 1. The van der Waals surface area contributed by atoms with Crippen LogP contribution in [0.1, 0.15) is 6.92 Å². The third-order valence-electron chi connectivity index (χ3n) is 0.522. The summed E-state index contributed by atoms with van der Waals surface area (Å²) in [6.45, 7) is 2.07. The monoisotopic (exact) mass is 323 g/mol. The molecule has 0 aromatic rings. The van der Waals surface area contributed by atoms with Gasteiger partial charge in [-0.2, -0.15) is 0 Å². The summed E-state index contributed by atoms with van der Waals surface area (Å²) >= 11 is 4.53. The van der Waals surface area contributed by atoms with Gasteiger partial charge in [-0.1, -0.05) is 0 Å². The van der Waals surface area contributed by atoms with Gasteiger partial charge in [0.15, 0.2) is 0 Å². The van der Waals surface area contributed by atoms with Crippen molar-refractivity contribution < 1.29 is 0 Å². The lowest BCUT2D eigenvalue weighted by molar-refractivity contribution is 1.09. The summed E-state index contributed by atoms with van der Waals surface area (Å²) in [5.74, 6) is 0. The fourth-order valence-corrected chi connectivity index (χ4v) is 0.442. The summed E-state index contributed by atoms with van der Waals surface area (Å²) in [4.78, 5) is 0. The SMILES string of the molecule is CN/C(I)=C(\C)I. The second-order valence-electron chi connectivity index (χ2n) is 1.10. The Labute approximate surface area is 71.2 Å². The Morgan fingerprint density at radius 2 is 1.86 bits per heavy atom. The average Bonchev–Trinajstić information content (AvgIpc) is 1.65. The molecule has 0 fully saturated rings. The van der Waals surface area contributed by atoms with Gasteiger partial charge in [0.25, 0.3) is 0 Å². The van der Waals surface area contributed by atoms with E-state index in [1.807, 2.05) is 7.05 Å². The quantitative estimate of drug-likeness (QED) is 0.577. The van der Waals surface area contributed by atoms with E-state index < -0.39 is 0 Å². The number of hydrogen-bond donors (Lipinski definition) is 1. The van der Waals surface area contributed by atoms with E-state index in [0.29, 0.717) is 0 Å². The fraction of sp³-hybridized carbons (Fsp3) is 0.500. The lowest BCUT2D eigenvalue weighted by Crippen LogP contribution is -1.98. The normalized spacial score (nSPS) is 13.1. The maximum Gasteiger partial charge on any atom is 0.0820 e. The third kappa shape index (κ3) is 3.57. The Bertz CT molecular complexity index is 83.7. The van der Waals surface area contributed by atoms with E-state index in [0.717, 1.165) is 0 Å². The molecular formula is C4H7I2N. The summed E-state index contributed by atoms with van der Waals surface area (Å²) < 4.78 is 2.53. The molecule has 0 aliphatic heterocycles. The molecule has 0 spiro atoms. The van der Waals surface area contributed by atoms with E-state index in [4.69, 9.17) is 0 Å². The number of halogens is 2. The van der Waals surface area contributed by atoms with Crippen molar-refractivity contribution in [2.75, 3.05) is 7.05 Å². The lowest BCUT2D eigenvalue weighted by Gasteiger charge is -1.94. The van der Waals surface area contributed by atoms with Crippen molar-refractivity contribution in [3.05, 3.63) is 7.28 Å². The zero-order valence-corrected chi connectivity index (χ0v) is 8.57. The second-order valence-corrected chi connectivity index (χ2v) is 3.79. The molecule has 0 aromatic carbocycles. The number of nitrogens with one attached hydrogen (secondary N) is 1. The predicted octanol–water partition coefficient (Wildman–Crippen LogP) is 2.26. The molecule has 0 radical (unpaired) electrons. The van der Waals surface area contributed by atoms with Crippen molar-refractivity contribution in [3.63, 3.8) is 0 Å². The van der Waals surface area contributed by atoms with Crippen molar-refractivity contribution in [2.24, 2.45) is 0 Å². The molecule has 0 saturated carbocycles. The summed E-state index contributed by atoms with van der Waals surface area (Å²) in [7, 11) is 1.92. The molecule has 42 valence electrons. The van der Waals surface area contributed by atoms with Gasteiger partial charge < -0.3 is 5.32 Å². The second kappa shape index (κ2) is 3.94. The molecule has 0 rings (SSSR count). The van der Waals surface area contributed by atoms with Gasteiger partial charge in [-0.25, -0.2) is 0 Å². The Morgan fingerprint density at radius 3 is 1.86 bits per heavy atom. The van der Waals surface area contributed by atoms with Crippen LogP contribution < -0.4 is 5.32 Å². The molecule has 3 heteroatoms. The standard InChI is InChI=1S/C4H7I2N/c1-3(5)4(6)7-2/h7H,1-2H3/b4-3+. The van der Waals surface area contributed by atoms with Crippen LogP contribution in [0.25, 0.3) is 0 Å². The van der Waals surface area contributed by atoms with E-state index >= 15 is 0 Å². The van der Waals surface area contributed by atoms with Crippen LogP contribution in [0.4, 0.5) is 0 Å². The molecular weight excluding hydrogens is 316 g/mol. The minimum absolute atomic E-state index is 1.22. The maximum absolute atomic E-state index is 3.02. The molecule has 0 aromatic heterocycles. The number of rotatable bonds is 1. The van der Waals surface area contributed by atoms with Crippen LogP contribution in [-0.4, -0.2) is 7.05 Å². The first kappa shape index (κ1) is 8.00. The van der Waals surface area contributed by atoms with Gasteiger partial charge in [-0.05, 0) is 52.1 Å². The van der Waals surface area contributed by atoms with Crippen molar-refractivity contribution in [1.29, 1.82) is 0 Å². The Balaban J connectivity index is 3.72. The lowest BCUT2D eigenvalue weighted by atomic mass is 10.7. The molecule has 0 heterocycles. The highest BCUT2D eigenvalue weighted by Crippen LogP contribution is 2.13. The van der Waals surface area contributed by atoms with Gasteiger partial charge in [-0.15, -0.1) is 0 Å². The fourth-order valence-electron chi connectivity index (χ4n) is 0.172. The van der Waals surface area contributed by atoms with E-state index in [-0.39, 0.29) is 0 Å². The van der Waals surface area contributed by atoms with Crippen LogP contribution in [0, 0.1) is 0 Å². The highest BCUT2D eigenvalue weighted by molar-refractivity contribution is 14.1. The topological polar surface area (TPSA) is 12.0 Å². The Hall–Kier alpha value is 1.00. The first-order valence-corrected chi connectivity index (χ1v) is 4.04. The zero-order valence-electron chi connectivity index (χ0n) is 4.26. The van der Waals surface area contributed by atoms with Gasteiger partial charge >= 0.3 is 0 Å². The Kier molecular flexibility index (Phi) is 4.50. The van der Waals surface area contributed by atoms with Crippen LogP contribution >= 0.6 is 45.2 Å². The predicted molar refractivity (Wildman–Crippen MR) is 49.8 cm³/mol. The summed E-state index contributed by atoms with van der Waals surface area (Å²) in [5.41, 5.74) is 0. The maximum atomic E-state index is 3.02. The van der Waals surface area contributed by atoms with E-state index in [2.05, 4.69) is 57.4 Å². The van der Waals surface area contributed by atoms with Gasteiger partial charge in [0.1, 0.15) is 0 Å². The first-order valence-electron chi connectivity index (χ1n) is 1.88. The summed E-state index contributed by atoms with van der Waals surface area (Å²) in [5, 5.41) is 3.02. The molecule has 0 amide bonds. The highest BCUT2D eigenvalue weighted by Gasteiger charge is 1.85. The molecule has 0 saturated heterocycles. The van der Waals surface area contributed by atoms with E-state index in [9.17, 15) is 0 Å². The van der Waals surface area contributed by atoms with Crippen LogP contribution in [0.15, 0.2) is 7.28 Å². The molecule has 1 N–H and O–H groups in total. The van der Waals surface area contributed by atoms with Gasteiger partial charge in [0.05, 0.1) is 3.70 Å². The van der Waals surface area contributed by atoms with Crippen molar-refractivity contribution in [3.8, 4) is 0 Å². The number of hydrogen-bond acceptors (Lipinski definition) is 1. The molecule has 0 aliphatic rings. The summed E-state index contributed by atoms with van der Waals surface area (Å²) in [6, 6.07) is 0. The van der Waals surface area contributed by atoms with Crippen LogP contribution in [0.2, 0.25) is 0 Å². The minimum Gasteiger partial charge on any atom is -0.383 e. The molecule has 7 heavy (non-hydrogen) atoms. The van der Waals surface area contributed by atoms with E-state index in [1.54, 1.807) is 0 Å². The molecule has 0 atom stereocenters. The van der Waals surface area contributed by atoms with Crippen molar-refractivity contribution in [2.45, 2.75) is 6.92 Å². The largest absolute Gasteiger partial charge is 0.383 e. The summed E-state index contributed by atoms with van der Waals surface area (Å²) in [6.07, 6.45) is 0. The molecule has 0 aliphatic carbocycles. The Morgan fingerprint density at radius 1 is 1.43 bits per heavy atom.